The van der Waals surface area contributed by atoms with E-state index in [1.54, 1.807) is 24.8 Å². The molecule has 0 aliphatic carbocycles. The minimum Gasteiger partial charge on any atom is -0.389 e. The standard InChI is InChI=1S/C14H17FN2O3/c1-7-4-12(10(9(3)18)5-11(7)15)17-6-13(19)16-14(20)8(17)2/h4-5,8-9,18H,6H2,1-3H3,(H,16,19,20)/t8?,9-/m0/s1. The van der Waals surface area contributed by atoms with Gasteiger partial charge in [-0.1, -0.05) is 0 Å². The Hall–Kier alpha value is -1.95. The lowest BCUT2D eigenvalue weighted by atomic mass is 10.0. The molecule has 0 saturated carbocycles. The van der Waals surface area contributed by atoms with Gasteiger partial charge in [-0.3, -0.25) is 14.9 Å². The Morgan fingerprint density at radius 1 is 1.45 bits per heavy atom. The molecule has 1 unspecified atom stereocenters. The molecule has 2 amide bonds. The van der Waals surface area contributed by atoms with Crippen molar-refractivity contribution in [2.45, 2.75) is 32.9 Å². The van der Waals surface area contributed by atoms with Crippen molar-refractivity contribution in [3.05, 3.63) is 29.1 Å². The molecular formula is C14H17FN2O3. The van der Waals surface area contributed by atoms with Crippen LogP contribution < -0.4 is 10.2 Å². The van der Waals surface area contributed by atoms with E-state index in [1.807, 2.05) is 0 Å². The molecule has 0 bridgehead atoms. The van der Waals surface area contributed by atoms with Crippen LogP contribution in [-0.4, -0.2) is 29.5 Å². The Balaban J connectivity index is 2.52. The van der Waals surface area contributed by atoms with Gasteiger partial charge in [0, 0.05) is 11.3 Å². The van der Waals surface area contributed by atoms with Crippen molar-refractivity contribution in [1.82, 2.24) is 5.32 Å². The number of anilines is 1. The summed E-state index contributed by atoms with van der Waals surface area (Å²) in [6, 6.07) is 2.24. The highest BCUT2D eigenvalue weighted by Gasteiger charge is 2.32. The molecule has 0 spiro atoms. The summed E-state index contributed by atoms with van der Waals surface area (Å²) in [7, 11) is 0. The van der Waals surface area contributed by atoms with E-state index in [9.17, 15) is 19.1 Å². The predicted octanol–water partition coefficient (Wildman–Crippen LogP) is 1.04. The molecule has 20 heavy (non-hydrogen) atoms. The van der Waals surface area contributed by atoms with Crippen molar-refractivity contribution in [1.29, 1.82) is 0 Å². The minimum absolute atomic E-state index is 0.00228. The molecule has 5 nitrogen and oxygen atoms in total. The quantitative estimate of drug-likeness (QED) is 0.794. The number of benzene rings is 1. The molecule has 1 aromatic rings. The number of halogens is 1. The second kappa shape index (κ2) is 5.20. The van der Waals surface area contributed by atoms with Crippen molar-refractivity contribution in [3.63, 3.8) is 0 Å². The Bertz CT molecular complexity index is 572. The fraction of sp³-hybridized carbons (Fsp3) is 0.429. The number of hydrogen-bond donors (Lipinski definition) is 2. The number of carbonyl (C=O) groups excluding carboxylic acids is 2. The van der Waals surface area contributed by atoms with Gasteiger partial charge in [0.25, 0.3) is 0 Å². The predicted molar refractivity (Wildman–Crippen MR) is 71.7 cm³/mol. The summed E-state index contributed by atoms with van der Waals surface area (Å²) < 4.78 is 13.7. The van der Waals surface area contributed by atoms with Crippen LogP contribution >= 0.6 is 0 Å². The molecule has 2 atom stereocenters. The van der Waals surface area contributed by atoms with E-state index in [2.05, 4.69) is 5.32 Å². The third-order valence-electron chi connectivity index (χ3n) is 3.49. The molecule has 108 valence electrons. The molecule has 6 heteroatoms. The smallest absolute Gasteiger partial charge is 0.249 e. The van der Waals surface area contributed by atoms with Gasteiger partial charge < -0.3 is 10.0 Å². The summed E-state index contributed by atoms with van der Waals surface area (Å²) in [4.78, 5) is 24.8. The number of nitrogens with zero attached hydrogens (tertiary/aromatic N) is 1. The SMILES string of the molecule is Cc1cc(N2CC(=O)NC(=O)C2C)c([C@H](C)O)cc1F. The zero-order valence-corrected chi connectivity index (χ0v) is 11.6. The number of nitrogens with one attached hydrogen (secondary N) is 1. The van der Waals surface area contributed by atoms with Crippen LogP contribution in [0, 0.1) is 12.7 Å². The Kier molecular flexibility index (Phi) is 3.76. The summed E-state index contributed by atoms with van der Waals surface area (Å²) in [6.45, 7) is 4.77. The molecule has 1 saturated heterocycles. The van der Waals surface area contributed by atoms with Crippen LogP contribution in [0.1, 0.15) is 31.1 Å². The number of hydrogen-bond acceptors (Lipinski definition) is 4. The Morgan fingerprint density at radius 2 is 2.10 bits per heavy atom. The van der Waals surface area contributed by atoms with Gasteiger partial charge in [0.15, 0.2) is 0 Å². The average Bonchev–Trinajstić information content (AvgIpc) is 2.36. The van der Waals surface area contributed by atoms with Gasteiger partial charge in [-0.15, -0.1) is 0 Å². The maximum absolute atomic E-state index is 13.7. The van der Waals surface area contributed by atoms with Gasteiger partial charge in [-0.2, -0.15) is 0 Å². The van der Waals surface area contributed by atoms with Gasteiger partial charge >= 0.3 is 0 Å². The maximum atomic E-state index is 13.7. The first-order chi connectivity index (χ1) is 9.31. The summed E-state index contributed by atoms with van der Waals surface area (Å²) >= 11 is 0. The van der Waals surface area contributed by atoms with E-state index >= 15 is 0 Å². The van der Waals surface area contributed by atoms with Crippen LogP contribution in [0.25, 0.3) is 0 Å². The van der Waals surface area contributed by atoms with Crippen molar-refractivity contribution in [2.24, 2.45) is 0 Å². The van der Waals surface area contributed by atoms with Crippen LogP contribution in [0.4, 0.5) is 10.1 Å². The fourth-order valence-electron chi connectivity index (χ4n) is 2.27. The van der Waals surface area contributed by atoms with Gasteiger partial charge in [0.2, 0.25) is 11.8 Å². The van der Waals surface area contributed by atoms with E-state index in [4.69, 9.17) is 0 Å². The van der Waals surface area contributed by atoms with E-state index in [-0.39, 0.29) is 6.54 Å². The summed E-state index contributed by atoms with van der Waals surface area (Å²) in [5.74, 6) is -1.24. The lowest BCUT2D eigenvalue weighted by Gasteiger charge is -2.35. The molecule has 1 heterocycles. The summed E-state index contributed by atoms with van der Waals surface area (Å²) in [5, 5.41) is 12.0. The first-order valence-corrected chi connectivity index (χ1v) is 6.39. The van der Waals surface area contributed by atoms with Crippen LogP contribution in [0.2, 0.25) is 0 Å². The van der Waals surface area contributed by atoms with Crippen molar-refractivity contribution in [3.8, 4) is 0 Å². The molecule has 1 aromatic carbocycles. The van der Waals surface area contributed by atoms with Crippen LogP contribution in [0.5, 0.6) is 0 Å². The Morgan fingerprint density at radius 3 is 2.70 bits per heavy atom. The first-order valence-electron chi connectivity index (χ1n) is 6.39. The summed E-state index contributed by atoms with van der Waals surface area (Å²) in [5.41, 5.74) is 1.27. The number of piperazine rings is 1. The maximum Gasteiger partial charge on any atom is 0.249 e. The zero-order valence-electron chi connectivity index (χ0n) is 11.6. The molecule has 0 aromatic heterocycles. The van der Waals surface area contributed by atoms with Gasteiger partial charge in [0.1, 0.15) is 11.9 Å². The number of rotatable bonds is 2. The van der Waals surface area contributed by atoms with E-state index in [0.717, 1.165) is 0 Å². The van der Waals surface area contributed by atoms with Crippen molar-refractivity contribution >= 4 is 17.5 Å². The fourth-order valence-corrected chi connectivity index (χ4v) is 2.27. The number of amides is 2. The van der Waals surface area contributed by atoms with E-state index in [1.165, 1.54) is 13.0 Å². The van der Waals surface area contributed by atoms with Crippen LogP contribution in [0.15, 0.2) is 12.1 Å². The molecule has 1 fully saturated rings. The molecule has 1 aliphatic rings. The topological polar surface area (TPSA) is 69.6 Å². The highest BCUT2D eigenvalue weighted by Crippen LogP contribution is 2.31. The normalized spacial score (nSPS) is 20.9. The van der Waals surface area contributed by atoms with Crippen molar-refractivity contribution < 1.29 is 19.1 Å². The largest absolute Gasteiger partial charge is 0.389 e. The second-order valence-electron chi connectivity index (χ2n) is 5.05. The van der Waals surface area contributed by atoms with Crippen LogP contribution in [0.3, 0.4) is 0 Å². The third kappa shape index (κ3) is 2.51. The summed E-state index contributed by atoms with van der Waals surface area (Å²) in [6.07, 6.45) is -0.896. The number of aryl methyl sites for hydroxylation is 1. The molecule has 1 aliphatic heterocycles. The Labute approximate surface area is 116 Å². The van der Waals surface area contributed by atoms with Crippen LogP contribution in [-0.2, 0) is 9.59 Å². The van der Waals surface area contributed by atoms with E-state index in [0.29, 0.717) is 16.8 Å². The van der Waals surface area contributed by atoms with Gasteiger partial charge in [-0.25, -0.2) is 4.39 Å². The average molecular weight is 280 g/mol. The molecule has 0 radical (unpaired) electrons. The van der Waals surface area contributed by atoms with Crippen molar-refractivity contribution in [2.75, 3.05) is 11.4 Å². The number of imide groups is 1. The second-order valence-corrected chi connectivity index (χ2v) is 5.05. The lowest BCUT2D eigenvalue weighted by molar-refractivity contribution is -0.132. The number of carbonyl (C=O) groups is 2. The zero-order chi connectivity index (χ0) is 15.0. The van der Waals surface area contributed by atoms with Gasteiger partial charge in [-0.05, 0) is 38.5 Å². The van der Waals surface area contributed by atoms with Gasteiger partial charge in [0.05, 0.1) is 12.6 Å². The number of aliphatic hydroxyl groups is 1. The van der Waals surface area contributed by atoms with E-state index < -0.39 is 29.8 Å². The molecular weight excluding hydrogens is 263 g/mol. The lowest BCUT2D eigenvalue weighted by Crippen LogP contribution is -2.57. The number of aliphatic hydroxyl groups excluding tert-OH is 1. The highest BCUT2D eigenvalue weighted by molar-refractivity contribution is 6.04. The minimum atomic E-state index is -0.896. The highest BCUT2D eigenvalue weighted by atomic mass is 19.1. The molecule has 2 rings (SSSR count). The monoisotopic (exact) mass is 280 g/mol. The third-order valence-corrected chi connectivity index (χ3v) is 3.49. The molecule has 2 N–H and O–H groups in total. The first kappa shape index (κ1) is 14.5.